The summed E-state index contributed by atoms with van der Waals surface area (Å²) >= 11 is 0. The molecule has 408 valence electrons. The smallest absolute Gasteiger partial charge is 0.128 e. The Labute approximate surface area is 453 Å². The van der Waals surface area contributed by atoms with Crippen molar-refractivity contribution in [1.82, 2.24) is 20.3 Å². The van der Waals surface area contributed by atoms with Gasteiger partial charge in [0.1, 0.15) is 63.2 Å². The Balaban J connectivity index is 1.10. The van der Waals surface area contributed by atoms with Crippen LogP contribution in [0.2, 0.25) is 0 Å². The molecule has 15 heteroatoms. The van der Waals surface area contributed by atoms with E-state index in [1.807, 2.05) is 83.7 Å². The number of methoxy groups -OCH3 is 9. The second kappa shape index (κ2) is 26.8. The van der Waals surface area contributed by atoms with Gasteiger partial charge in [-0.2, -0.15) is 0 Å². The van der Waals surface area contributed by atoms with Crippen molar-refractivity contribution in [1.29, 1.82) is 0 Å². The lowest BCUT2D eigenvalue weighted by atomic mass is 9.93. The number of ether oxygens (including phenoxy) is 11. The first-order chi connectivity index (χ1) is 37.7. The Morgan fingerprint density at radius 2 is 0.857 bits per heavy atom. The summed E-state index contributed by atoms with van der Waals surface area (Å²) in [4.78, 5) is 0. The van der Waals surface area contributed by atoms with Crippen LogP contribution in [0.4, 0.5) is 0 Å². The molecule has 0 saturated heterocycles. The standard InChI is InChI=1S/C62H74N4O11/c1-11-12-13-21-63-38-40-16-18-48(19-17-40)76-24-20-47-39-66(65-64-47)22-14-15-23-77-62-37-51-49-34-57(71-6)45(32-59(49)73-8)26-43-30-53(67-2)41(28-55(43)69-4)25-42-29-56(70-5)44(31-54(42)68-3)27-46-33-60(74-9)50(35-58(46)72-7)52(62)36-61(51)75-10/h16-19,28-37,39,63H,11-15,20-27,38H2,1-10H3. The van der Waals surface area contributed by atoms with E-state index < -0.39 is 0 Å². The highest BCUT2D eigenvalue weighted by molar-refractivity contribution is 5.87. The van der Waals surface area contributed by atoms with Crippen LogP contribution in [0, 0.1) is 0 Å². The molecule has 0 radical (unpaired) electrons. The van der Waals surface area contributed by atoms with E-state index in [2.05, 4.69) is 34.7 Å². The summed E-state index contributed by atoms with van der Waals surface area (Å²) in [6.07, 6.45) is 9.22. The zero-order valence-electron chi connectivity index (χ0n) is 46.4. The molecule has 1 N–H and O–H groups in total. The minimum Gasteiger partial charge on any atom is -0.496 e. The first-order valence-electron chi connectivity index (χ1n) is 26.3. The molecule has 0 fully saturated rings. The second-order valence-electron chi connectivity index (χ2n) is 18.9. The molecule has 7 aromatic rings. The molecule has 0 amide bonds. The first-order valence-corrected chi connectivity index (χ1v) is 26.3. The van der Waals surface area contributed by atoms with Gasteiger partial charge < -0.3 is 57.4 Å². The summed E-state index contributed by atoms with van der Waals surface area (Å²) in [5.41, 5.74) is 10.5. The van der Waals surface area contributed by atoms with Crippen LogP contribution in [-0.2, 0) is 38.8 Å². The van der Waals surface area contributed by atoms with Gasteiger partial charge in [0.25, 0.3) is 0 Å². The van der Waals surface area contributed by atoms with Gasteiger partial charge in [-0.05, 0) is 104 Å². The third-order valence-electron chi connectivity index (χ3n) is 14.1. The fraction of sp³-hybridized carbons (Fsp3) is 0.387. The molecular formula is C62H74N4O11. The average molecular weight is 1050 g/mol. The highest BCUT2D eigenvalue weighted by Gasteiger charge is 2.26. The summed E-state index contributed by atoms with van der Waals surface area (Å²) in [6, 6.07) is 28.3. The molecule has 6 aromatic carbocycles. The van der Waals surface area contributed by atoms with Crippen LogP contribution < -0.4 is 57.4 Å². The van der Waals surface area contributed by atoms with Gasteiger partial charge in [0.05, 0.1) is 82.9 Å². The number of nitrogens with one attached hydrogen (secondary N) is 1. The number of benzene rings is 6. The van der Waals surface area contributed by atoms with Crippen molar-refractivity contribution in [3.8, 4) is 85.5 Å². The number of aromatic nitrogens is 3. The Morgan fingerprint density at radius 3 is 1.32 bits per heavy atom. The van der Waals surface area contributed by atoms with Crippen molar-refractivity contribution >= 4 is 0 Å². The minimum absolute atomic E-state index is 0.403. The zero-order valence-corrected chi connectivity index (χ0v) is 46.4. The van der Waals surface area contributed by atoms with Gasteiger partial charge in [0.2, 0.25) is 0 Å². The van der Waals surface area contributed by atoms with Crippen molar-refractivity contribution < 1.29 is 52.1 Å². The van der Waals surface area contributed by atoms with E-state index in [0.29, 0.717) is 103 Å². The SMILES string of the molecule is CCCCCNCc1ccc(OCCc2cn(CCCCOc3cc4c(OC)cc3-c3cc(OC)c(cc3OC)Cc3cc(OC)c(cc3OC)Cc3cc(OC)c(cc3OC)Cc3cc(OC)c-4cc3OC)nn2)cc1. The summed E-state index contributed by atoms with van der Waals surface area (Å²) in [5, 5.41) is 12.4. The minimum atomic E-state index is 0.403. The van der Waals surface area contributed by atoms with Gasteiger partial charge in [-0.1, -0.05) is 37.1 Å². The average Bonchev–Trinajstić information content (AvgIpc) is 3.93. The van der Waals surface area contributed by atoms with E-state index in [-0.39, 0.29) is 0 Å². The van der Waals surface area contributed by atoms with Gasteiger partial charge in [0, 0.05) is 101 Å². The molecule has 11 aliphatic rings. The van der Waals surface area contributed by atoms with Gasteiger partial charge in [-0.3, -0.25) is 4.68 Å². The maximum atomic E-state index is 6.84. The lowest BCUT2D eigenvalue weighted by molar-refractivity contribution is 0.302. The predicted molar refractivity (Wildman–Crippen MR) is 299 cm³/mol. The molecule has 11 aliphatic carbocycles. The van der Waals surface area contributed by atoms with Crippen LogP contribution in [0.25, 0.3) is 22.3 Å². The van der Waals surface area contributed by atoms with Crippen LogP contribution >= 0.6 is 0 Å². The summed E-state index contributed by atoms with van der Waals surface area (Å²) in [7, 11) is 15.0. The second-order valence-corrected chi connectivity index (χ2v) is 18.9. The lowest BCUT2D eigenvalue weighted by Gasteiger charge is -2.22. The van der Waals surface area contributed by atoms with Crippen molar-refractivity contribution in [2.75, 3.05) is 83.7 Å². The third-order valence-corrected chi connectivity index (χ3v) is 14.1. The summed E-state index contributed by atoms with van der Waals surface area (Å²) in [6.45, 7) is 5.70. The topological polar surface area (TPSA) is 144 Å². The molecule has 1 heterocycles. The number of nitrogens with zero attached hydrogens (tertiary/aromatic N) is 3. The number of rotatable bonds is 25. The number of aryl methyl sites for hydroxylation is 1. The van der Waals surface area contributed by atoms with Crippen LogP contribution in [0.15, 0.2) is 91.1 Å². The zero-order chi connectivity index (χ0) is 54.3. The highest BCUT2D eigenvalue weighted by Crippen LogP contribution is 2.49. The predicted octanol–water partition coefficient (Wildman–Crippen LogP) is 11.5. The van der Waals surface area contributed by atoms with E-state index in [0.717, 1.165) is 93.0 Å². The molecule has 1 aromatic heterocycles. The highest BCUT2D eigenvalue weighted by atomic mass is 16.5. The molecule has 18 rings (SSSR count). The molecule has 0 unspecified atom stereocenters. The Morgan fingerprint density at radius 1 is 0.442 bits per heavy atom. The quantitative estimate of drug-likeness (QED) is 0.0542. The maximum absolute atomic E-state index is 6.84. The Hall–Kier alpha value is -7.78. The van der Waals surface area contributed by atoms with Crippen molar-refractivity contribution in [2.24, 2.45) is 0 Å². The summed E-state index contributed by atoms with van der Waals surface area (Å²) in [5.74, 6) is 7.32. The molecule has 0 saturated carbocycles. The summed E-state index contributed by atoms with van der Waals surface area (Å²) < 4.78 is 69.9. The molecule has 15 nitrogen and oxygen atoms in total. The van der Waals surface area contributed by atoms with E-state index in [1.165, 1.54) is 24.8 Å². The van der Waals surface area contributed by atoms with Gasteiger partial charge in [0.15, 0.2) is 0 Å². The molecule has 10 bridgehead atoms. The van der Waals surface area contributed by atoms with E-state index >= 15 is 0 Å². The fourth-order valence-corrected chi connectivity index (χ4v) is 9.93. The van der Waals surface area contributed by atoms with E-state index in [1.54, 1.807) is 64.0 Å². The molecule has 0 spiro atoms. The molecule has 77 heavy (non-hydrogen) atoms. The van der Waals surface area contributed by atoms with Crippen LogP contribution in [0.5, 0.6) is 63.2 Å². The Bertz CT molecular complexity index is 3080. The maximum Gasteiger partial charge on any atom is 0.128 e. The van der Waals surface area contributed by atoms with E-state index in [4.69, 9.17) is 52.1 Å². The van der Waals surface area contributed by atoms with E-state index in [9.17, 15) is 0 Å². The van der Waals surface area contributed by atoms with Crippen molar-refractivity contribution in [3.05, 3.63) is 136 Å². The fourth-order valence-electron chi connectivity index (χ4n) is 9.93. The molecule has 0 aliphatic heterocycles. The van der Waals surface area contributed by atoms with Crippen LogP contribution in [0.3, 0.4) is 0 Å². The number of hydrogen-bond acceptors (Lipinski definition) is 14. The van der Waals surface area contributed by atoms with Crippen molar-refractivity contribution in [3.63, 3.8) is 0 Å². The van der Waals surface area contributed by atoms with Crippen LogP contribution in [0.1, 0.15) is 83.7 Å². The van der Waals surface area contributed by atoms with Crippen LogP contribution in [-0.4, -0.2) is 98.7 Å². The largest absolute Gasteiger partial charge is 0.496 e. The lowest BCUT2D eigenvalue weighted by Crippen LogP contribution is -2.14. The molecular weight excluding hydrogens is 977 g/mol. The van der Waals surface area contributed by atoms with Crippen molar-refractivity contribution in [2.45, 2.75) is 77.8 Å². The Kier molecular flexibility index (Phi) is 19.3. The van der Waals surface area contributed by atoms with Gasteiger partial charge in [-0.25, -0.2) is 0 Å². The monoisotopic (exact) mass is 1050 g/mol. The number of hydrogen-bond donors (Lipinski definition) is 1. The first kappa shape index (κ1) is 55.5. The third kappa shape index (κ3) is 13.3. The normalized spacial score (nSPS) is 11.7. The number of unbranched alkanes of at least 4 members (excludes halogenated alkanes) is 3. The molecule has 0 atom stereocenters. The van der Waals surface area contributed by atoms with Gasteiger partial charge in [-0.15, -0.1) is 5.10 Å². The van der Waals surface area contributed by atoms with Gasteiger partial charge >= 0.3 is 0 Å².